The molecular weight excluding hydrogens is 343 g/mol. The lowest BCUT2D eigenvalue weighted by molar-refractivity contribution is -0.385. The molecule has 24 heavy (non-hydrogen) atoms. The number of carbonyl (C=O) groups excluding carboxylic acids is 1. The molecule has 9 heteroatoms. The number of nitrogens with zero attached hydrogens (tertiary/aromatic N) is 2. The molecule has 1 heterocycles. The number of carboxylic acid groups (broad SMARTS) is 1. The number of halogens is 2. The molecule has 0 bridgehead atoms. The Morgan fingerprint density at radius 2 is 2.12 bits per heavy atom. The Morgan fingerprint density at radius 3 is 2.71 bits per heavy atom. The van der Waals surface area contributed by atoms with Gasteiger partial charge in [-0.15, -0.1) is 0 Å². The van der Waals surface area contributed by atoms with Crippen LogP contribution in [0.25, 0.3) is 0 Å². The van der Waals surface area contributed by atoms with E-state index in [1.54, 1.807) is 6.92 Å². The van der Waals surface area contributed by atoms with Gasteiger partial charge < -0.3 is 10.0 Å². The third-order valence-electron chi connectivity index (χ3n) is 4.21. The molecule has 1 amide bonds. The highest BCUT2D eigenvalue weighted by atomic mass is 35.5. The van der Waals surface area contributed by atoms with Crippen LogP contribution in [-0.4, -0.2) is 39.4 Å². The van der Waals surface area contributed by atoms with Gasteiger partial charge in [0.25, 0.3) is 5.69 Å². The van der Waals surface area contributed by atoms with Crippen LogP contribution >= 0.6 is 11.6 Å². The summed E-state index contributed by atoms with van der Waals surface area (Å²) in [6.07, 6.45) is 0.608. The minimum Gasteiger partial charge on any atom is -0.481 e. The summed E-state index contributed by atoms with van der Waals surface area (Å²) in [5, 5.41) is 19.8. The number of carbonyl (C=O) groups is 2. The van der Waals surface area contributed by atoms with E-state index in [9.17, 15) is 24.1 Å². The van der Waals surface area contributed by atoms with Crippen LogP contribution in [0.2, 0.25) is 5.02 Å². The first-order valence-electron chi connectivity index (χ1n) is 7.35. The number of nitro groups is 1. The molecule has 2 rings (SSSR count). The molecule has 1 aromatic carbocycles. The second kappa shape index (κ2) is 7.12. The molecule has 130 valence electrons. The summed E-state index contributed by atoms with van der Waals surface area (Å²) < 4.78 is 13.6. The number of piperidine rings is 1. The van der Waals surface area contributed by atoms with E-state index in [1.807, 2.05) is 0 Å². The van der Waals surface area contributed by atoms with Crippen LogP contribution < -0.4 is 0 Å². The third kappa shape index (κ3) is 3.81. The van der Waals surface area contributed by atoms with E-state index < -0.39 is 39.2 Å². The van der Waals surface area contributed by atoms with Crippen molar-refractivity contribution >= 4 is 29.2 Å². The second-order valence-electron chi connectivity index (χ2n) is 5.84. The van der Waals surface area contributed by atoms with E-state index >= 15 is 0 Å². The molecule has 2 atom stereocenters. The smallest absolute Gasteiger partial charge is 0.308 e. The molecule has 1 saturated heterocycles. The van der Waals surface area contributed by atoms with Gasteiger partial charge in [0.2, 0.25) is 5.91 Å². The number of hydrogen-bond acceptors (Lipinski definition) is 4. The lowest BCUT2D eigenvalue weighted by Gasteiger charge is -2.36. The first-order chi connectivity index (χ1) is 11.2. The topological polar surface area (TPSA) is 101 Å². The Kier molecular flexibility index (Phi) is 5.38. The van der Waals surface area contributed by atoms with E-state index in [4.69, 9.17) is 16.7 Å². The van der Waals surface area contributed by atoms with Gasteiger partial charge in [0.1, 0.15) is 5.82 Å². The largest absolute Gasteiger partial charge is 0.481 e. The summed E-state index contributed by atoms with van der Waals surface area (Å²) in [7, 11) is 0. The molecule has 0 aliphatic carbocycles. The molecule has 1 aliphatic heterocycles. The molecule has 0 saturated carbocycles. The lowest BCUT2D eigenvalue weighted by Crippen LogP contribution is -2.48. The zero-order chi connectivity index (χ0) is 18.0. The lowest BCUT2D eigenvalue weighted by atomic mass is 9.93. The highest BCUT2D eigenvalue weighted by molar-refractivity contribution is 6.31. The van der Waals surface area contributed by atoms with Crippen LogP contribution in [0.5, 0.6) is 0 Å². The summed E-state index contributed by atoms with van der Waals surface area (Å²) in [4.78, 5) is 35.3. The zero-order valence-corrected chi connectivity index (χ0v) is 13.6. The highest BCUT2D eigenvalue weighted by Crippen LogP contribution is 2.28. The van der Waals surface area contributed by atoms with Crippen molar-refractivity contribution in [3.05, 3.63) is 38.7 Å². The number of aliphatic carboxylic acids is 1. The van der Waals surface area contributed by atoms with Crippen molar-refractivity contribution < 1.29 is 24.0 Å². The van der Waals surface area contributed by atoms with Gasteiger partial charge in [0.05, 0.1) is 22.3 Å². The Hall–Kier alpha value is -2.22. The van der Waals surface area contributed by atoms with Gasteiger partial charge in [-0.3, -0.25) is 19.7 Å². The normalized spacial score (nSPS) is 20.7. The fourth-order valence-corrected chi connectivity index (χ4v) is 2.97. The average molecular weight is 359 g/mol. The van der Waals surface area contributed by atoms with E-state index in [1.165, 1.54) is 4.90 Å². The highest BCUT2D eigenvalue weighted by Gasteiger charge is 2.33. The SMILES string of the molecule is CC1CCC(C(=O)O)CN1C(=O)Cc1cc(F)c(Cl)cc1[N+](=O)[O-]. The van der Waals surface area contributed by atoms with Gasteiger partial charge in [-0.1, -0.05) is 11.6 Å². The van der Waals surface area contributed by atoms with Crippen LogP contribution in [0.4, 0.5) is 10.1 Å². The van der Waals surface area contributed by atoms with Crippen LogP contribution in [0.1, 0.15) is 25.3 Å². The molecule has 0 radical (unpaired) electrons. The maximum Gasteiger partial charge on any atom is 0.308 e. The standard InChI is InChI=1S/C15H16ClFN2O5/c1-8-2-3-9(15(21)22)7-18(8)14(20)5-10-4-12(17)11(16)6-13(10)19(23)24/h4,6,8-9H,2-3,5,7H2,1H3,(H,21,22). The van der Waals surface area contributed by atoms with E-state index in [-0.39, 0.29) is 24.6 Å². The summed E-state index contributed by atoms with van der Waals surface area (Å²) >= 11 is 5.55. The van der Waals surface area contributed by atoms with Crippen molar-refractivity contribution in [1.29, 1.82) is 0 Å². The van der Waals surface area contributed by atoms with Crippen molar-refractivity contribution in [2.24, 2.45) is 5.92 Å². The van der Waals surface area contributed by atoms with Gasteiger partial charge in [0.15, 0.2) is 0 Å². The van der Waals surface area contributed by atoms with Crippen molar-refractivity contribution in [3.8, 4) is 0 Å². The molecule has 1 aromatic rings. The van der Waals surface area contributed by atoms with E-state index in [0.29, 0.717) is 12.8 Å². The maximum atomic E-state index is 13.6. The Labute approximate surface area is 142 Å². The summed E-state index contributed by atoms with van der Waals surface area (Å²) in [6, 6.07) is 1.57. The Bertz CT molecular complexity index is 697. The minimum atomic E-state index is -0.983. The summed E-state index contributed by atoms with van der Waals surface area (Å²) in [5.41, 5.74) is -0.522. The second-order valence-corrected chi connectivity index (χ2v) is 6.24. The number of carboxylic acids is 1. The number of benzene rings is 1. The number of amides is 1. The predicted octanol–water partition coefficient (Wildman–Crippen LogP) is 2.64. The molecular formula is C15H16ClFN2O5. The molecule has 7 nitrogen and oxygen atoms in total. The van der Waals surface area contributed by atoms with Gasteiger partial charge >= 0.3 is 5.97 Å². The molecule has 0 aromatic heterocycles. The minimum absolute atomic E-state index is 0.0409. The molecule has 1 aliphatic rings. The van der Waals surface area contributed by atoms with Crippen molar-refractivity contribution in [2.45, 2.75) is 32.2 Å². The molecule has 1 N–H and O–H groups in total. The molecule has 0 spiro atoms. The number of likely N-dealkylation sites (tertiary alicyclic amines) is 1. The fraction of sp³-hybridized carbons (Fsp3) is 0.467. The van der Waals surface area contributed by atoms with Crippen LogP contribution in [0.15, 0.2) is 12.1 Å². The predicted molar refractivity (Wildman–Crippen MR) is 83.3 cm³/mol. The first-order valence-corrected chi connectivity index (χ1v) is 7.73. The quantitative estimate of drug-likeness (QED) is 0.658. The van der Waals surface area contributed by atoms with Gasteiger partial charge in [-0.05, 0) is 25.8 Å². The maximum absolute atomic E-state index is 13.6. The van der Waals surface area contributed by atoms with E-state index in [2.05, 4.69) is 0 Å². The first kappa shape index (κ1) is 18.1. The van der Waals surface area contributed by atoms with E-state index in [0.717, 1.165) is 12.1 Å². The third-order valence-corrected chi connectivity index (χ3v) is 4.50. The molecule has 2 unspecified atom stereocenters. The Morgan fingerprint density at radius 1 is 1.46 bits per heavy atom. The average Bonchev–Trinajstić information content (AvgIpc) is 2.50. The number of nitro benzene ring substituents is 1. The summed E-state index contributed by atoms with van der Waals surface area (Å²) in [6.45, 7) is 1.83. The van der Waals surface area contributed by atoms with Crippen molar-refractivity contribution in [1.82, 2.24) is 4.90 Å². The van der Waals surface area contributed by atoms with Gasteiger partial charge in [0, 0.05) is 24.2 Å². The summed E-state index contributed by atoms with van der Waals surface area (Å²) in [5.74, 6) is -2.97. The number of rotatable bonds is 4. The van der Waals surface area contributed by atoms with Crippen LogP contribution in [0.3, 0.4) is 0 Å². The number of hydrogen-bond donors (Lipinski definition) is 1. The van der Waals surface area contributed by atoms with Crippen LogP contribution in [-0.2, 0) is 16.0 Å². The van der Waals surface area contributed by atoms with Gasteiger partial charge in [-0.2, -0.15) is 0 Å². The van der Waals surface area contributed by atoms with Crippen molar-refractivity contribution in [3.63, 3.8) is 0 Å². The van der Waals surface area contributed by atoms with Gasteiger partial charge in [-0.25, -0.2) is 4.39 Å². The Balaban J connectivity index is 2.24. The zero-order valence-electron chi connectivity index (χ0n) is 12.9. The molecule has 1 fully saturated rings. The van der Waals surface area contributed by atoms with Crippen LogP contribution in [0, 0.1) is 21.8 Å². The van der Waals surface area contributed by atoms with Crippen molar-refractivity contribution in [2.75, 3.05) is 6.54 Å². The monoisotopic (exact) mass is 358 g/mol. The fourth-order valence-electron chi connectivity index (χ4n) is 2.81.